The van der Waals surface area contributed by atoms with Gasteiger partial charge in [0.15, 0.2) is 0 Å². The molecular weight excluding hydrogens is 574 g/mol. The minimum Gasteiger partial charge on any atom is -0.497 e. The van der Waals surface area contributed by atoms with E-state index in [0.717, 1.165) is 35.6 Å². The van der Waals surface area contributed by atoms with Crippen LogP contribution >= 0.6 is 11.6 Å². The van der Waals surface area contributed by atoms with Gasteiger partial charge in [0.2, 0.25) is 11.8 Å². The fourth-order valence-corrected chi connectivity index (χ4v) is 6.82. The third-order valence-electron chi connectivity index (χ3n) is 7.63. The van der Waals surface area contributed by atoms with E-state index in [9.17, 15) is 18.0 Å². The molecule has 0 aromatic heterocycles. The molecule has 1 fully saturated rings. The lowest BCUT2D eigenvalue weighted by Gasteiger charge is -2.34. The lowest BCUT2D eigenvalue weighted by atomic mass is 10.1. The Kier molecular flexibility index (Phi) is 10.5. The zero-order chi connectivity index (χ0) is 30.3. The largest absolute Gasteiger partial charge is 0.497 e. The van der Waals surface area contributed by atoms with E-state index >= 15 is 0 Å². The number of aryl methyl sites for hydroxylation is 1. The van der Waals surface area contributed by atoms with Crippen LogP contribution in [0.25, 0.3) is 0 Å². The number of halogens is 1. The van der Waals surface area contributed by atoms with Gasteiger partial charge in [-0.25, -0.2) is 8.42 Å². The van der Waals surface area contributed by atoms with Crippen LogP contribution in [0.5, 0.6) is 5.75 Å². The first kappa shape index (κ1) is 31.4. The summed E-state index contributed by atoms with van der Waals surface area (Å²) in [6, 6.07) is 19.4. The molecule has 4 rings (SSSR count). The number of methoxy groups -OCH3 is 1. The zero-order valence-corrected chi connectivity index (χ0v) is 25.8. The van der Waals surface area contributed by atoms with Gasteiger partial charge in [0, 0.05) is 17.6 Å². The van der Waals surface area contributed by atoms with E-state index in [4.69, 9.17) is 16.3 Å². The number of rotatable bonds is 12. The Morgan fingerprint density at radius 2 is 1.64 bits per heavy atom. The number of benzene rings is 3. The smallest absolute Gasteiger partial charge is 0.264 e. The van der Waals surface area contributed by atoms with E-state index in [1.807, 2.05) is 19.9 Å². The van der Waals surface area contributed by atoms with Crippen molar-refractivity contribution in [3.8, 4) is 5.75 Å². The maximum Gasteiger partial charge on any atom is 0.264 e. The van der Waals surface area contributed by atoms with Crippen LogP contribution in [0.2, 0.25) is 5.02 Å². The predicted octanol–water partition coefficient (Wildman–Crippen LogP) is 5.72. The normalized spacial score (nSPS) is 14.3. The van der Waals surface area contributed by atoms with Gasteiger partial charge in [0.05, 0.1) is 17.7 Å². The van der Waals surface area contributed by atoms with Crippen LogP contribution in [0, 0.1) is 6.92 Å². The predicted molar refractivity (Wildman–Crippen MR) is 165 cm³/mol. The Labute approximate surface area is 253 Å². The van der Waals surface area contributed by atoms with Crippen LogP contribution in [-0.2, 0) is 26.2 Å². The van der Waals surface area contributed by atoms with Crippen LogP contribution in [0.3, 0.4) is 0 Å². The van der Waals surface area contributed by atoms with Crippen molar-refractivity contribution >= 4 is 39.1 Å². The molecule has 0 radical (unpaired) electrons. The molecule has 10 heteroatoms. The molecule has 0 aliphatic heterocycles. The van der Waals surface area contributed by atoms with Crippen molar-refractivity contribution in [3.05, 3.63) is 88.9 Å². The number of hydrogen-bond donors (Lipinski definition) is 1. The molecule has 2 amide bonds. The van der Waals surface area contributed by atoms with E-state index in [2.05, 4.69) is 5.32 Å². The van der Waals surface area contributed by atoms with Crippen molar-refractivity contribution in [2.45, 2.75) is 69.5 Å². The summed E-state index contributed by atoms with van der Waals surface area (Å²) in [5, 5.41) is 3.57. The standard InChI is InChI=1S/C32H38ClN3O5S/c1-4-30(32(38)34-25-10-6-7-11-25)35(21-24-9-5-8-12-29(24)33)31(37)22-36(26-15-13-23(2)14-16-26)42(39,40)28-19-17-27(41-3)18-20-28/h5,8-9,12-20,25,30H,4,6-7,10-11,21-22H2,1-3H3,(H,34,38)/t30-/m1/s1. The minimum atomic E-state index is -4.17. The molecule has 1 N–H and O–H groups in total. The highest BCUT2D eigenvalue weighted by Crippen LogP contribution is 2.27. The van der Waals surface area contributed by atoms with Gasteiger partial charge >= 0.3 is 0 Å². The maximum absolute atomic E-state index is 14.2. The highest BCUT2D eigenvalue weighted by atomic mass is 35.5. The summed E-state index contributed by atoms with van der Waals surface area (Å²) in [5.74, 6) is -0.248. The fourth-order valence-electron chi connectivity index (χ4n) is 5.21. The summed E-state index contributed by atoms with van der Waals surface area (Å²) in [6.45, 7) is 3.30. The highest BCUT2D eigenvalue weighted by Gasteiger charge is 2.34. The van der Waals surface area contributed by atoms with E-state index in [1.54, 1.807) is 54.6 Å². The van der Waals surface area contributed by atoms with E-state index in [-0.39, 0.29) is 23.4 Å². The number of sulfonamides is 1. The van der Waals surface area contributed by atoms with Crippen LogP contribution in [0.15, 0.2) is 77.7 Å². The Bertz CT molecular complexity index is 1470. The zero-order valence-electron chi connectivity index (χ0n) is 24.3. The van der Waals surface area contributed by atoms with Crippen molar-refractivity contribution in [2.75, 3.05) is 18.0 Å². The SMILES string of the molecule is CC[C@H](C(=O)NC1CCCC1)N(Cc1ccccc1Cl)C(=O)CN(c1ccc(C)cc1)S(=O)(=O)c1ccc(OC)cc1. The molecule has 0 heterocycles. The van der Waals surface area contributed by atoms with E-state index in [1.165, 1.54) is 24.1 Å². The second-order valence-corrected chi connectivity index (χ2v) is 12.8. The molecule has 8 nitrogen and oxygen atoms in total. The molecule has 3 aromatic carbocycles. The average Bonchev–Trinajstić information content (AvgIpc) is 3.50. The second kappa shape index (κ2) is 14.1. The van der Waals surface area contributed by atoms with Crippen LogP contribution < -0.4 is 14.4 Å². The third-order valence-corrected chi connectivity index (χ3v) is 9.79. The number of carbonyl (C=O) groups excluding carboxylic acids is 2. The molecule has 0 spiro atoms. The fraction of sp³-hybridized carbons (Fsp3) is 0.375. The summed E-state index contributed by atoms with van der Waals surface area (Å²) in [5.41, 5.74) is 1.95. The second-order valence-electron chi connectivity index (χ2n) is 10.5. The molecule has 42 heavy (non-hydrogen) atoms. The lowest BCUT2D eigenvalue weighted by molar-refractivity contribution is -0.140. The highest BCUT2D eigenvalue weighted by molar-refractivity contribution is 7.92. The average molecular weight is 612 g/mol. The quantitative estimate of drug-likeness (QED) is 0.283. The van der Waals surface area contributed by atoms with Crippen molar-refractivity contribution in [2.24, 2.45) is 0 Å². The number of hydrogen-bond acceptors (Lipinski definition) is 5. The molecule has 224 valence electrons. The van der Waals surface area contributed by atoms with Crippen LogP contribution in [-0.4, -0.2) is 50.9 Å². The number of anilines is 1. The monoisotopic (exact) mass is 611 g/mol. The number of nitrogens with one attached hydrogen (secondary N) is 1. The summed E-state index contributed by atoms with van der Waals surface area (Å²) in [4.78, 5) is 29.2. The van der Waals surface area contributed by atoms with Gasteiger partial charge in [-0.1, -0.05) is 67.3 Å². The first-order valence-electron chi connectivity index (χ1n) is 14.2. The Balaban J connectivity index is 1.71. The van der Waals surface area contributed by atoms with Gasteiger partial charge in [0.1, 0.15) is 18.3 Å². The van der Waals surface area contributed by atoms with Gasteiger partial charge in [-0.2, -0.15) is 0 Å². The molecule has 0 saturated heterocycles. The Hall–Kier alpha value is -3.56. The van der Waals surface area contributed by atoms with Gasteiger partial charge in [-0.3, -0.25) is 13.9 Å². The number of amides is 2. The van der Waals surface area contributed by atoms with Crippen LogP contribution in [0.4, 0.5) is 5.69 Å². The Morgan fingerprint density at radius 3 is 2.24 bits per heavy atom. The number of carbonyl (C=O) groups is 2. The van der Waals surface area contributed by atoms with Gasteiger partial charge < -0.3 is 15.0 Å². The molecule has 0 bridgehead atoms. The molecule has 0 unspecified atom stereocenters. The van der Waals surface area contributed by atoms with Crippen molar-refractivity contribution < 1.29 is 22.7 Å². The van der Waals surface area contributed by atoms with Crippen molar-refractivity contribution in [1.82, 2.24) is 10.2 Å². The van der Waals surface area contributed by atoms with Gasteiger partial charge in [0.25, 0.3) is 10.0 Å². The van der Waals surface area contributed by atoms with Crippen molar-refractivity contribution in [3.63, 3.8) is 0 Å². The summed E-state index contributed by atoms with van der Waals surface area (Å²) >= 11 is 6.48. The van der Waals surface area contributed by atoms with Crippen LogP contribution in [0.1, 0.15) is 50.2 Å². The number of nitrogens with zero attached hydrogens (tertiary/aromatic N) is 2. The number of ether oxygens (including phenoxy) is 1. The Morgan fingerprint density at radius 1 is 1.00 bits per heavy atom. The summed E-state index contributed by atoms with van der Waals surface area (Å²) in [6.07, 6.45) is 4.27. The van der Waals surface area contributed by atoms with Gasteiger partial charge in [-0.05, 0) is 74.2 Å². The third kappa shape index (κ3) is 7.44. The molecular formula is C32H38ClN3O5S. The first-order valence-corrected chi connectivity index (χ1v) is 16.0. The van der Waals surface area contributed by atoms with Gasteiger partial charge in [-0.15, -0.1) is 0 Å². The first-order chi connectivity index (χ1) is 20.1. The minimum absolute atomic E-state index is 0.0142. The molecule has 1 saturated carbocycles. The summed E-state index contributed by atoms with van der Waals surface area (Å²) < 4.78 is 34.3. The van der Waals surface area contributed by atoms with E-state index < -0.39 is 28.5 Å². The molecule has 1 atom stereocenters. The van der Waals surface area contributed by atoms with E-state index in [0.29, 0.717) is 28.4 Å². The van der Waals surface area contributed by atoms with Crippen molar-refractivity contribution in [1.29, 1.82) is 0 Å². The topological polar surface area (TPSA) is 96.0 Å². The summed E-state index contributed by atoms with van der Waals surface area (Å²) in [7, 11) is -2.67. The molecule has 1 aliphatic rings. The maximum atomic E-state index is 14.2. The molecule has 3 aromatic rings. The molecule has 1 aliphatic carbocycles. The lowest BCUT2D eigenvalue weighted by Crippen LogP contribution is -2.53.